The van der Waals surface area contributed by atoms with E-state index in [-0.39, 0.29) is 18.4 Å². The van der Waals surface area contributed by atoms with Crippen molar-refractivity contribution >= 4 is 11.9 Å². The van der Waals surface area contributed by atoms with Crippen LogP contribution in [0.15, 0.2) is 24.3 Å². The summed E-state index contributed by atoms with van der Waals surface area (Å²) >= 11 is 0. The molecule has 0 radical (unpaired) electrons. The van der Waals surface area contributed by atoms with Crippen molar-refractivity contribution in [1.82, 2.24) is 4.90 Å². The van der Waals surface area contributed by atoms with E-state index in [1.54, 1.807) is 31.2 Å². The highest BCUT2D eigenvalue weighted by molar-refractivity contribution is 5.97. The fourth-order valence-corrected chi connectivity index (χ4v) is 1.99. The number of benzene rings is 1. The highest BCUT2D eigenvalue weighted by Crippen LogP contribution is 2.20. The number of carbonyl (C=O) groups excluding carboxylic acids is 1. The molecule has 0 saturated heterocycles. The second-order valence-electron chi connectivity index (χ2n) is 4.24. The van der Waals surface area contributed by atoms with Crippen molar-refractivity contribution in [2.24, 2.45) is 0 Å². The van der Waals surface area contributed by atoms with Crippen LogP contribution in [-0.2, 0) is 4.79 Å². The molecule has 0 bridgehead atoms. The molecule has 1 N–H and O–H groups in total. The number of hydrogen-bond acceptors (Lipinski definition) is 3. The van der Waals surface area contributed by atoms with Gasteiger partial charge in [0.15, 0.2) is 0 Å². The van der Waals surface area contributed by atoms with Crippen LogP contribution in [0.5, 0.6) is 5.75 Å². The fraction of sp³-hybridized carbons (Fsp3) is 0.429. The standard InChI is InChI=1S/C14H19NO4/c1-4-15(10(2)9-13(16)17)14(18)11-7-5-6-8-12(11)19-3/h5-8,10H,4,9H2,1-3H3,(H,16,17). The van der Waals surface area contributed by atoms with Gasteiger partial charge in [-0.05, 0) is 26.0 Å². The number of amides is 1. The maximum Gasteiger partial charge on any atom is 0.305 e. The predicted octanol–water partition coefficient (Wildman–Crippen LogP) is 2.02. The molecule has 1 amide bonds. The van der Waals surface area contributed by atoms with E-state index in [0.717, 1.165) is 0 Å². The number of aliphatic carboxylic acids is 1. The van der Waals surface area contributed by atoms with Crippen LogP contribution in [0.1, 0.15) is 30.6 Å². The highest BCUT2D eigenvalue weighted by Gasteiger charge is 2.23. The van der Waals surface area contributed by atoms with E-state index in [1.165, 1.54) is 12.0 Å². The van der Waals surface area contributed by atoms with Crippen LogP contribution in [0.2, 0.25) is 0 Å². The lowest BCUT2D eigenvalue weighted by atomic mass is 10.1. The van der Waals surface area contributed by atoms with Gasteiger partial charge < -0.3 is 14.7 Å². The topological polar surface area (TPSA) is 66.8 Å². The fourth-order valence-electron chi connectivity index (χ4n) is 1.99. The minimum atomic E-state index is -0.918. The van der Waals surface area contributed by atoms with E-state index in [2.05, 4.69) is 0 Å². The number of hydrogen-bond donors (Lipinski definition) is 1. The van der Waals surface area contributed by atoms with E-state index in [1.807, 2.05) is 6.92 Å². The molecule has 0 heterocycles. The Balaban J connectivity index is 2.98. The molecule has 0 saturated carbocycles. The van der Waals surface area contributed by atoms with Crippen LogP contribution >= 0.6 is 0 Å². The molecule has 0 aliphatic heterocycles. The second kappa shape index (κ2) is 6.78. The lowest BCUT2D eigenvalue weighted by Crippen LogP contribution is -2.39. The molecule has 5 nitrogen and oxygen atoms in total. The average Bonchev–Trinajstić information content (AvgIpc) is 2.38. The van der Waals surface area contributed by atoms with Gasteiger partial charge in [-0.15, -0.1) is 0 Å². The number of methoxy groups -OCH3 is 1. The molecule has 5 heteroatoms. The molecule has 1 aromatic carbocycles. The van der Waals surface area contributed by atoms with E-state index < -0.39 is 5.97 Å². The largest absolute Gasteiger partial charge is 0.496 e. The van der Waals surface area contributed by atoms with Crippen LogP contribution < -0.4 is 4.74 Å². The summed E-state index contributed by atoms with van der Waals surface area (Å²) in [4.78, 5) is 24.7. The summed E-state index contributed by atoms with van der Waals surface area (Å²) in [5.41, 5.74) is 0.448. The van der Waals surface area contributed by atoms with E-state index in [4.69, 9.17) is 9.84 Å². The first-order chi connectivity index (χ1) is 9.01. The maximum atomic E-state index is 12.4. The lowest BCUT2D eigenvalue weighted by Gasteiger charge is -2.27. The minimum absolute atomic E-state index is 0.0747. The molecule has 0 aromatic heterocycles. The Morgan fingerprint density at radius 2 is 2.00 bits per heavy atom. The Bertz CT molecular complexity index is 459. The molecule has 1 rings (SSSR count). The molecule has 0 fully saturated rings. The maximum absolute atomic E-state index is 12.4. The third-order valence-electron chi connectivity index (χ3n) is 2.94. The molecular formula is C14H19NO4. The Morgan fingerprint density at radius 3 is 2.53 bits per heavy atom. The highest BCUT2D eigenvalue weighted by atomic mass is 16.5. The van der Waals surface area contributed by atoms with Gasteiger partial charge in [0.2, 0.25) is 0 Å². The number of carboxylic acids is 1. The van der Waals surface area contributed by atoms with Crippen molar-refractivity contribution in [3.8, 4) is 5.75 Å². The van der Waals surface area contributed by atoms with Crippen LogP contribution in [0.25, 0.3) is 0 Å². The summed E-state index contributed by atoms with van der Waals surface area (Å²) in [7, 11) is 1.50. The van der Waals surface area contributed by atoms with Gasteiger partial charge in [-0.25, -0.2) is 0 Å². The van der Waals surface area contributed by atoms with Crippen molar-refractivity contribution in [2.75, 3.05) is 13.7 Å². The van der Waals surface area contributed by atoms with Gasteiger partial charge in [-0.1, -0.05) is 12.1 Å². The van der Waals surface area contributed by atoms with Gasteiger partial charge in [-0.2, -0.15) is 0 Å². The van der Waals surface area contributed by atoms with E-state index in [0.29, 0.717) is 17.9 Å². The SMILES string of the molecule is CCN(C(=O)c1ccccc1OC)C(C)CC(=O)O. The van der Waals surface area contributed by atoms with Crippen LogP contribution in [0, 0.1) is 0 Å². The Morgan fingerprint density at radius 1 is 1.37 bits per heavy atom. The average molecular weight is 265 g/mol. The molecule has 1 aromatic rings. The van der Waals surface area contributed by atoms with Gasteiger partial charge in [0.1, 0.15) is 5.75 Å². The number of para-hydroxylation sites is 1. The monoisotopic (exact) mass is 265 g/mol. The number of nitrogens with zero attached hydrogens (tertiary/aromatic N) is 1. The third-order valence-corrected chi connectivity index (χ3v) is 2.94. The second-order valence-corrected chi connectivity index (χ2v) is 4.24. The molecule has 0 aliphatic carbocycles. The smallest absolute Gasteiger partial charge is 0.305 e. The Labute approximate surface area is 112 Å². The lowest BCUT2D eigenvalue weighted by molar-refractivity contribution is -0.138. The molecular weight excluding hydrogens is 246 g/mol. The normalized spacial score (nSPS) is 11.7. The first kappa shape index (κ1) is 15.0. The predicted molar refractivity (Wildman–Crippen MR) is 71.4 cm³/mol. The molecule has 0 spiro atoms. The molecule has 0 aliphatic rings. The van der Waals surface area contributed by atoms with E-state index >= 15 is 0 Å². The van der Waals surface area contributed by atoms with Crippen molar-refractivity contribution in [3.05, 3.63) is 29.8 Å². The Hall–Kier alpha value is -2.04. The number of rotatable bonds is 6. The molecule has 104 valence electrons. The van der Waals surface area contributed by atoms with Crippen LogP contribution in [0.3, 0.4) is 0 Å². The Kier molecular flexibility index (Phi) is 5.36. The van der Waals surface area contributed by atoms with Gasteiger partial charge in [-0.3, -0.25) is 9.59 Å². The summed E-state index contributed by atoms with van der Waals surface area (Å²) < 4.78 is 5.16. The van der Waals surface area contributed by atoms with Gasteiger partial charge >= 0.3 is 5.97 Å². The zero-order valence-electron chi connectivity index (χ0n) is 11.4. The molecule has 1 atom stereocenters. The number of ether oxygens (including phenoxy) is 1. The van der Waals surface area contributed by atoms with Crippen molar-refractivity contribution in [3.63, 3.8) is 0 Å². The van der Waals surface area contributed by atoms with Crippen molar-refractivity contribution < 1.29 is 19.4 Å². The summed E-state index contributed by atoms with van der Waals surface area (Å²) in [6, 6.07) is 6.57. The number of carboxylic acid groups (broad SMARTS) is 1. The zero-order chi connectivity index (χ0) is 14.4. The van der Waals surface area contributed by atoms with Crippen LogP contribution in [-0.4, -0.2) is 41.6 Å². The van der Waals surface area contributed by atoms with Gasteiger partial charge in [0, 0.05) is 12.6 Å². The summed E-state index contributed by atoms with van der Waals surface area (Å²) in [5.74, 6) is -0.638. The number of carbonyl (C=O) groups is 2. The van der Waals surface area contributed by atoms with E-state index in [9.17, 15) is 9.59 Å². The minimum Gasteiger partial charge on any atom is -0.496 e. The van der Waals surface area contributed by atoms with Crippen LogP contribution in [0.4, 0.5) is 0 Å². The van der Waals surface area contributed by atoms with Gasteiger partial charge in [0.05, 0.1) is 19.1 Å². The van der Waals surface area contributed by atoms with Crippen molar-refractivity contribution in [2.45, 2.75) is 26.3 Å². The van der Waals surface area contributed by atoms with Gasteiger partial charge in [0.25, 0.3) is 5.91 Å². The first-order valence-corrected chi connectivity index (χ1v) is 6.17. The zero-order valence-corrected chi connectivity index (χ0v) is 11.4. The first-order valence-electron chi connectivity index (χ1n) is 6.17. The summed E-state index contributed by atoms with van der Waals surface area (Å²) in [6.45, 7) is 4.00. The summed E-state index contributed by atoms with van der Waals surface area (Å²) in [6.07, 6.45) is -0.0747. The molecule has 19 heavy (non-hydrogen) atoms. The molecule has 1 unspecified atom stereocenters. The van der Waals surface area contributed by atoms with Crippen molar-refractivity contribution in [1.29, 1.82) is 0 Å². The third kappa shape index (κ3) is 3.71. The summed E-state index contributed by atoms with van der Waals surface area (Å²) in [5, 5.41) is 8.82. The quantitative estimate of drug-likeness (QED) is 0.854.